The Kier molecular flexibility index (Phi) is 10.0. The van der Waals surface area contributed by atoms with E-state index >= 15 is 0 Å². The molecule has 25 heavy (non-hydrogen) atoms. The summed E-state index contributed by atoms with van der Waals surface area (Å²) >= 11 is 0. The first-order valence-electron chi connectivity index (χ1n) is 8.63. The molecule has 1 amide bonds. The molecule has 2 atom stereocenters. The minimum atomic E-state index is -0.676. The van der Waals surface area contributed by atoms with E-state index in [1.165, 1.54) is 0 Å². The van der Waals surface area contributed by atoms with Crippen molar-refractivity contribution < 1.29 is 31.4 Å². The topological polar surface area (TPSA) is 53.2 Å². The van der Waals surface area contributed by atoms with Crippen molar-refractivity contribution in [2.75, 3.05) is 0 Å². The third-order valence-corrected chi connectivity index (χ3v) is 4.10. The number of rotatable bonds is 9. The molecule has 2 rings (SSSR count). The summed E-state index contributed by atoms with van der Waals surface area (Å²) in [6.07, 6.45) is 6.89. The maximum Gasteiger partial charge on any atom is 0.220 e. The molecule has 0 spiro atoms. The van der Waals surface area contributed by atoms with E-state index in [1.807, 2.05) is 55.5 Å². The van der Waals surface area contributed by atoms with Crippen molar-refractivity contribution in [3.63, 3.8) is 0 Å². The van der Waals surface area contributed by atoms with Crippen LogP contribution in [0.4, 0.5) is 0 Å². The number of aromatic nitrogens is 1. The lowest BCUT2D eigenvalue weighted by atomic mass is 10.0. The second-order valence-corrected chi connectivity index (χ2v) is 6.14. The van der Waals surface area contributed by atoms with Gasteiger partial charge in [0.1, 0.15) is 6.54 Å². The summed E-state index contributed by atoms with van der Waals surface area (Å²) in [5.41, 5.74) is 0.824. The Bertz CT molecular complexity index is 608. The van der Waals surface area contributed by atoms with Crippen molar-refractivity contribution in [1.82, 2.24) is 5.32 Å². The number of aryl methyl sites for hydroxylation is 1. The standard InChI is InChI=1S/C20H26N2O2.BrH/c1-17(20(24)18-11-5-2-6-12-18)21-19(23)13-7-3-8-14-22-15-9-4-10-16-22;/h2,4-6,9-12,15-17,20,24H,3,7-8,13-14H2,1H3;1H/t17-,20-;/m1./s1. The molecule has 1 aromatic heterocycles. The number of aliphatic hydroxyl groups excluding tert-OH is 1. The van der Waals surface area contributed by atoms with Crippen LogP contribution in [0.2, 0.25) is 0 Å². The van der Waals surface area contributed by atoms with Crippen molar-refractivity contribution in [3.8, 4) is 0 Å². The van der Waals surface area contributed by atoms with Crippen LogP contribution in [0.5, 0.6) is 0 Å². The Hall–Kier alpha value is -1.72. The van der Waals surface area contributed by atoms with Crippen molar-refractivity contribution >= 4 is 5.91 Å². The SMILES string of the molecule is C[C@@H](NC(=O)CCCCC[n+]1ccccc1)[C@@H](O)c1ccccc1.[Br-]. The van der Waals surface area contributed by atoms with Crippen LogP contribution in [-0.4, -0.2) is 17.1 Å². The first-order valence-corrected chi connectivity index (χ1v) is 8.63. The van der Waals surface area contributed by atoms with Crippen LogP contribution >= 0.6 is 0 Å². The highest BCUT2D eigenvalue weighted by molar-refractivity contribution is 5.76. The molecule has 5 heteroatoms. The first-order chi connectivity index (χ1) is 11.7. The van der Waals surface area contributed by atoms with Gasteiger partial charge in [0, 0.05) is 25.0 Å². The molecule has 2 aromatic rings. The second kappa shape index (κ2) is 11.8. The van der Waals surface area contributed by atoms with E-state index in [4.69, 9.17) is 0 Å². The van der Waals surface area contributed by atoms with Gasteiger partial charge in [0.05, 0.1) is 12.1 Å². The van der Waals surface area contributed by atoms with Crippen molar-refractivity contribution in [2.45, 2.75) is 51.3 Å². The average Bonchev–Trinajstić information content (AvgIpc) is 2.62. The summed E-state index contributed by atoms with van der Waals surface area (Å²) < 4.78 is 2.15. The maximum absolute atomic E-state index is 12.0. The number of nitrogens with zero attached hydrogens (tertiary/aromatic N) is 1. The van der Waals surface area contributed by atoms with Crippen LogP contribution in [0.25, 0.3) is 0 Å². The predicted octanol–water partition coefficient (Wildman–Crippen LogP) is -0.223. The Morgan fingerprint density at radius 2 is 1.68 bits per heavy atom. The molecular weight excluding hydrogens is 380 g/mol. The van der Waals surface area contributed by atoms with Gasteiger partial charge in [-0.3, -0.25) is 4.79 Å². The van der Waals surface area contributed by atoms with E-state index in [0.29, 0.717) is 6.42 Å². The van der Waals surface area contributed by atoms with Crippen LogP contribution in [0.3, 0.4) is 0 Å². The fraction of sp³-hybridized carbons (Fsp3) is 0.400. The van der Waals surface area contributed by atoms with Gasteiger partial charge in [-0.15, -0.1) is 0 Å². The first kappa shape index (κ1) is 21.3. The molecule has 1 heterocycles. The van der Waals surface area contributed by atoms with Crippen molar-refractivity contribution in [2.24, 2.45) is 0 Å². The normalized spacial score (nSPS) is 12.7. The summed E-state index contributed by atoms with van der Waals surface area (Å²) in [5.74, 6) is 0.00449. The van der Waals surface area contributed by atoms with E-state index in [9.17, 15) is 9.90 Å². The van der Waals surface area contributed by atoms with Crippen LogP contribution in [0, 0.1) is 0 Å². The molecule has 0 radical (unpaired) electrons. The number of carbonyl (C=O) groups is 1. The van der Waals surface area contributed by atoms with Crippen molar-refractivity contribution in [1.29, 1.82) is 0 Å². The number of carbonyl (C=O) groups excluding carboxylic acids is 1. The fourth-order valence-electron chi connectivity index (χ4n) is 2.68. The molecule has 0 unspecified atom stereocenters. The van der Waals surface area contributed by atoms with E-state index in [-0.39, 0.29) is 28.9 Å². The highest BCUT2D eigenvalue weighted by Crippen LogP contribution is 2.16. The Balaban J connectivity index is 0.00000312. The molecule has 0 aliphatic carbocycles. The van der Waals surface area contributed by atoms with E-state index < -0.39 is 6.10 Å². The zero-order valence-electron chi connectivity index (χ0n) is 14.6. The zero-order chi connectivity index (χ0) is 17.2. The summed E-state index contributed by atoms with van der Waals surface area (Å²) in [6, 6.07) is 15.2. The summed E-state index contributed by atoms with van der Waals surface area (Å²) in [7, 11) is 0. The van der Waals surface area contributed by atoms with Gasteiger partial charge in [0.15, 0.2) is 12.4 Å². The molecular formula is C20H27BrN2O2. The molecule has 1 aromatic carbocycles. The summed E-state index contributed by atoms with van der Waals surface area (Å²) in [6.45, 7) is 2.81. The zero-order valence-corrected chi connectivity index (χ0v) is 16.2. The minimum Gasteiger partial charge on any atom is -1.00 e. The molecule has 2 N–H and O–H groups in total. The number of nitrogens with one attached hydrogen (secondary N) is 1. The lowest BCUT2D eigenvalue weighted by molar-refractivity contribution is -0.697. The number of aliphatic hydroxyl groups is 1. The number of halogens is 1. The number of benzene rings is 1. The van der Waals surface area contributed by atoms with Gasteiger partial charge in [-0.05, 0) is 25.3 Å². The number of amides is 1. The van der Waals surface area contributed by atoms with Gasteiger partial charge < -0.3 is 27.4 Å². The number of unbranched alkanes of at least 4 members (excludes halogenated alkanes) is 2. The highest BCUT2D eigenvalue weighted by Gasteiger charge is 2.17. The number of pyridine rings is 1. The van der Waals surface area contributed by atoms with Gasteiger partial charge >= 0.3 is 0 Å². The van der Waals surface area contributed by atoms with E-state index in [1.54, 1.807) is 0 Å². The summed E-state index contributed by atoms with van der Waals surface area (Å²) in [4.78, 5) is 12.0. The largest absolute Gasteiger partial charge is 1.00 e. The molecule has 0 bridgehead atoms. The molecule has 4 nitrogen and oxygen atoms in total. The smallest absolute Gasteiger partial charge is 0.220 e. The fourth-order valence-corrected chi connectivity index (χ4v) is 2.68. The lowest BCUT2D eigenvalue weighted by Gasteiger charge is -2.20. The maximum atomic E-state index is 12.0. The van der Waals surface area contributed by atoms with Crippen molar-refractivity contribution in [3.05, 3.63) is 66.5 Å². The van der Waals surface area contributed by atoms with Crippen LogP contribution < -0.4 is 26.9 Å². The third-order valence-electron chi connectivity index (χ3n) is 4.10. The molecule has 0 fully saturated rings. The van der Waals surface area contributed by atoms with E-state index in [2.05, 4.69) is 22.3 Å². The predicted molar refractivity (Wildman–Crippen MR) is 94.1 cm³/mol. The van der Waals surface area contributed by atoms with Gasteiger partial charge in [-0.1, -0.05) is 36.4 Å². The average molecular weight is 407 g/mol. The van der Waals surface area contributed by atoms with Crippen LogP contribution in [0.1, 0.15) is 44.3 Å². The Labute approximate surface area is 160 Å². The third kappa shape index (κ3) is 7.80. The molecule has 0 aliphatic heterocycles. The minimum absolute atomic E-state index is 0. The van der Waals surface area contributed by atoms with Crippen LogP contribution in [0.15, 0.2) is 60.9 Å². The van der Waals surface area contributed by atoms with Gasteiger partial charge in [-0.25, -0.2) is 4.57 Å². The quantitative estimate of drug-likeness (QED) is 0.446. The van der Waals surface area contributed by atoms with Gasteiger partial charge in [0.2, 0.25) is 5.91 Å². The number of hydrogen-bond donors (Lipinski definition) is 2. The highest BCUT2D eigenvalue weighted by atomic mass is 79.9. The lowest BCUT2D eigenvalue weighted by Crippen LogP contribution is -3.00. The van der Waals surface area contributed by atoms with Gasteiger partial charge in [-0.2, -0.15) is 0 Å². The molecule has 136 valence electrons. The molecule has 0 aliphatic rings. The van der Waals surface area contributed by atoms with E-state index in [0.717, 1.165) is 31.4 Å². The monoisotopic (exact) mass is 406 g/mol. The van der Waals surface area contributed by atoms with Crippen LogP contribution in [-0.2, 0) is 11.3 Å². The summed E-state index contributed by atoms with van der Waals surface area (Å²) in [5, 5.41) is 13.1. The molecule has 0 saturated heterocycles. The Morgan fingerprint density at radius 1 is 1.04 bits per heavy atom. The molecule has 0 saturated carbocycles. The Morgan fingerprint density at radius 3 is 2.36 bits per heavy atom. The number of hydrogen-bond acceptors (Lipinski definition) is 2. The van der Waals surface area contributed by atoms with Gasteiger partial charge in [0.25, 0.3) is 0 Å². The second-order valence-electron chi connectivity index (χ2n) is 6.14.